The molecule has 1 aromatic carbocycles. The quantitative estimate of drug-likeness (QED) is 0.780. The van der Waals surface area contributed by atoms with Crippen molar-refractivity contribution in [3.8, 4) is 0 Å². The van der Waals surface area contributed by atoms with Gasteiger partial charge in [0.25, 0.3) is 0 Å². The first kappa shape index (κ1) is 14.7. The fraction of sp³-hybridized carbons (Fsp3) is 0.455. The van der Waals surface area contributed by atoms with Crippen molar-refractivity contribution in [1.82, 2.24) is 4.31 Å². The van der Waals surface area contributed by atoms with Gasteiger partial charge in [-0.3, -0.25) is 4.72 Å². The minimum absolute atomic E-state index is 0.536. The first-order chi connectivity index (χ1) is 8.36. The molecule has 0 aliphatic rings. The van der Waals surface area contributed by atoms with Crippen LogP contribution in [0.5, 0.6) is 0 Å². The molecule has 0 spiro atoms. The summed E-state index contributed by atoms with van der Waals surface area (Å²) in [6.07, 6.45) is 0. The van der Waals surface area contributed by atoms with Gasteiger partial charge < -0.3 is 10.6 Å². The largest absolute Gasteiger partial charge is 0.373 e. The van der Waals surface area contributed by atoms with Gasteiger partial charge in [0.2, 0.25) is 0 Å². The normalized spacial score (nSPS) is 11.6. The monoisotopic (exact) mass is 272 g/mol. The Labute approximate surface area is 109 Å². The number of anilines is 2. The molecule has 7 heteroatoms. The molecule has 18 heavy (non-hydrogen) atoms. The lowest BCUT2D eigenvalue weighted by molar-refractivity contribution is 0.527. The van der Waals surface area contributed by atoms with Crippen LogP contribution in [-0.2, 0) is 10.2 Å². The number of nitrogens with one attached hydrogen (secondary N) is 1. The molecule has 0 amide bonds. The molecule has 0 heterocycles. The van der Waals surface area contributed by atoms with E-state index in [9.17, 15) is 8.42 Å². The molecule has 0 bridgehead atoms. The van der Waals surface area contributed by atoms with Gasteiger partial charge in [0.05, 0.1) is 0 Å². The zero-order valence-electron chi connectivity index (χ0n) is 10.9. The average Bonchev–Trinajstić information content (AvgIpc) is 2.29. The van der Waals surface area contributed by atoms with Gasteiger partial charge in [0.1, 0.15) is 0 Å². The Bertz CT molecular complexity index is 470. The number of hydrogen-bond donors (Lipinski definition) is 2. The highest BCUT2D eigenvalue weighted by molar-refractivity contribution is 7.90. The Balaban J connectivity index is 2.78. The van der Waals surface area contributed by atoms with Crippen molar-refractivity contribution in [2.75, 3.05) is 43.9 Å². The molecule has 1 aromatic rings. The number of nitrogens with two attached hydrogens (primary N) is 1. The van der Waals surface area contributed by atoms with Crippen LogP contribution in [0, 0.1) is 0 Å². The van der Waals surface area contributed by atoms with Crippen molar-refractivity contribution in [1.29, 1.82) is 0 Å². The van der Waals surface area contributed by atoms with Crippen LogP contribution in [0.1, 0.15) is 0 Å². The van der Waals surface area contributed by atoms with Crippen molar-refractivity contribution < 1.29 is 8.42 Å². The third-order valence-corrected chi connectivity index (χ3v) is 3.96. The molecule has 0 aliphatic heterocycles. The molecule has 3 N–H and O–H groups in total. The van der Waals surface area contributed by atoms with Gasteiger partial charge in [-0.05, 0) is 24.3 Å². The summed E-state index contributed by atoms with van der Waals surface area (Å²) in [4.78, 5) is 2.00. The molecular formula is C11H20N4O2S. The molecule has 6 nitrogen and oxygen atoms in total. The Morgan fingerprint density at radius 3 is 2.17 bits per heavy atom. The Morgan fingerprint density at radius 2 is 1.72 bits per heavy atom. The van der Waals surface area contributed by atoms with Crippen LogP contribution in [-0.4, -0.2) is 47.0 Å². The maximum atomic E-state index is 11.6. The van der Waals surface area contributed by atoms with Crippen LogP contribution in [0.15, 0.2) is 24.3 Å². The number of likely N-dealkylation sites (N-methyl/N-ethyl adjacent to an activating group) is 1. The molecule has 0 saturated heterocycles. The predicted octanol–water partition coefficient (Wildman–Crippen LogP) is 0.300. The number of nitrogens with zero attached hydrogens (tertiary/aromatic N) is 2. The van der Waals surface area contributed by atoms with Gasteiger partial charge in [-0.25, -0.2) is 0 Å². The fourth-order valence-corrected chi connectivity index (χ4v) is 1.96. The molecule has 0 aliphatic carbocycles. The van der Waals surface area contributed by atoms with Crippen LogP contribution in [0.4, 0.5) is 11.4 Å². The Hall–Kier alpha value is -1.31. The van der Waals surface area contributed by atoms with E-state index in [2.05, 4.69) is 4.72 Å². The highest BCUT2D eigenvalue weighted by atomic mass is 32.2. The number of hydrogen-bond acceptors (Lipinski definition) is 4. The SMILES string of the molecule is CN(CCN)c1ccc(NS(=O)(=O)N(C)C)cc1. The number of rotatable bonds is 6. The van der Waals surface area contributed by atoms with E-state index >= 15 is 0 Å². The molecule has 1 rings (SSSR count). The van der Waals surface area contributed by atoms with E-state index in [1.807, 2.05) is 24.1 Å². The number of benzene rings is 1. The molecule has 0 saturated carbocycles. The van der Waals surface area contributed by atoms with Crippen molar-refractivity contribution in [3.63, 3.8) is 0 Å². The van der Waals surface area contributed by atoms with Gasteiger partial charge in [0, 0.05) is 45.6 Å². The highest BCUT2D eigenvalue weighted by Gasteiger charge is 2.12. The van der Waals surface area contributed by atoms with Crippen LogP contribution in [0.25, 0.3) is 0 Å². The van der Waals surface area contributed by atoms with Crippen molar-refractivity contribution in [2.45, 2.75) is 0 Å². The van der Waals surface area contributed by atoms with E-state index in [-0.39, 0.29) is 0 Å². The summed E-state index contributed by atoms with van der Waals surface area (Å²) >= 11 is 0. The molecule has 0 unspecified atom stereocenters. The third kappa shape index (κ3) is 3.86. The first-order valence-electron chi connectivity index (χ1n) is 5.58. The van der Waals surface area contributed by atoms with Gasteiger partial charge in [-0.2, -0.15) is 12.7 Å². The van der Waals surface area contributed by atoms with E-state index in [0.717, 1.165) is 16.5 Å². The smallest absolute Gasteiger partial charge is 0.301 e. The second-order valence-electron chi connectivity index (χ2n) is 4.15. The lowest BCUT2D eigenvalue weighted by atomic mass is 10.2. The molecule has 0 atom stereocenters. The Kier molecular flexibility index (Phi) is 4.94. The second kappa shape index (κ2) is 6.03. The maximum absolute atomic E-state index is 11.6. The molecule has 0 fully saturated rings. The van der Waals surface area contributed by atoms with Gasteiger partial charge in [-0.15, -0.1) is 0 Å². The molecule has 0 aromatic heterocycles. The summed E-state index contributed by atoms with van der Waals surface area (Å²) in [5.74, 6) is 0. The summed E-state index contributed by atoms with van der Waals surface area (Å²) in [5, 5.41) is 0. The lowest BCUT2D eigenvalue weighted by Crippen LogP contribution is -2.29. The second-order valence-corrected chi connectivity index (χ2v) is 6.03. The van der Waals surface area contributed by atoms with Gasteiger partial charge in [-0.1, -0.05) is 0 Å². The first-order valence-corrected chi connectivity index (χ1v) is 7.02. The third-order valence-electron chi connectivity index (χ3n) is 2.50. The molecule has 102 valence electrons. The van der Waals surface area contributed by atoms with Crippen LogP contribution >= 0.6 is 0 Å². The van der Waals surface area contributed by atoms with E-state index in [1.165, 1.54) is 14.1 Å². The maximum Gasteiger partial charge on any atom is 0.301 e. The summed E-state index contributed by atoms with van der Waals surface area (Å²) in [5.41, 5.74) is 7.00. The molecule has 0 radical (unpaired) electrons. The standard InChI is InChI=1S/C11H20N4O2S/c1-14(2)18(16,17)13-10-4-6-11(7-5-10)15(3)9-8-12/h4-7,13H,8-9,12H2,1-3H3. The summed E-state index contributed by atoms with van der Waals surface area (Å²) in [6, 6.07) is 7.15. The molecular weight excluding hydrogens is 252 g/mol. The van der Waals surface area contributed by atoms with Crippen molar-refractivity contribution in [3.05, 3.63) is 24.3 Å². The minimum Gasteiger partial charge on any atom is -0.373 e. The fourth-order valence-electron chi connectivity index (χ4n) is 1.35. The van der Waals surface area contributed by atoms with Crippen molar-refractivity contribution in [2.24, 2.45) is 5.73 Å². The summed E-state index contributed by atoms with van der Waals surface area (Å²) in [6.45, 7) is 1.33. The van der Waals surface area contributed by atoms with Gasteiger partial charge >= 0.3 is 10.2 Å². The zero-order chi connectivity index (χ0) is 13.8. The van der Waals surface area contributed by atoms with Crippen molar-refractivity contribution >= 4 is 21.6 Å². The average molecular weight is 272 g/mol. The predicted molar refractivity (Wildman–Crippen MR) is 75.0 cm³/mol. The van der Waals surface area contributed by atoms with Crippen LogP contribution in [0.2, 0.25) is 0 Å². The van der Waals surface area contributed by atoms with Gasteiger partial charge in [0.15, 0.2) is 0 Å². The zero-order valence-corrected chi connectivity index (χ0v) is 11.7. The highest BCUT2D eigenvalue weighted by Crippen LogP contribution is 2.17. The van der Waals surface area contributed by atoms with Crippen LogP contribution < -0.4 is 15.4 Å². The van der Waals surface area contributed by atoms with E-state index < -0.39 is 10.2 Å². The van der Waals surface area contributed by atoms with E-state index in [1.54, 1.807) is 12.1 Å². The summed E-state index contributed by atoms with van der Waals surface area (Å²) < 4.78 is 26.8. The topological polar surface area (TPSA) is 78.7 Å². The van der Waals surface area contributed by atoms with E-state index in [4.69, 9.17) is 5.73 Å². The van der Waals surface area contributed by atoms with E-state index in [0.29, 0.717) is 12.2 Å². The summed E-state index contributed by atoms with van der Waals surface area (Å²) in [7, 11) is 1.45. The van der Waals surface area contributed by atoms with Crippen LogP contribution in [0.3, 0.4) is 0 Å². The lowest BCUT2D eigenvalue weighted by Gasteiger charge is -2.19. The minimum atomic E-state index is -3.44. The Morgan fingerprint density at radius 1 is 1.17 bits per heavy atom.